The zero-order valence-corrected chi connectivity index (χ0v) is 12.9. The van der Waals surface area contributed by atoms with Crippen molar-refractivity contribution in [2.75, 3.05) is 0 Å². The zero-order valence-electron chi connectivity index (χ0n) is 11.3. The quantitative estimate of drug-likeness (QED) is 0.893. The highest BCUT2D eigenvalue weighted by Gasteiger charge is 2.43. The van der Waals surface area contributed by atoms with Gasteiger partial charge in [-0.1, -0.05) is 24.9 Å². The lowest BCUT2D eigenvalue weighted by Crippen LogP contribution is -2.56. The average molecular weight is 316 g/mol. The first-order chi connectivity index (χ1) is 9.48. The fourth-order valence-corrected chi connectivity index (χ4v) is 3.74. The summed E-state index contributed by atoms with van der Waals surface area (Å²) < 4.78 is 0. The normalized spacial score (nSPS) is 26.2. The van der Waals surface area contributed by atoms with E-state index in [-0.39, 0.29) is 5.91 Å². The van der Waals surface area contributed by atoms with Crippen LogP contribution >= 0.6 is 22.9 Å². The van der Waals surface area contributed by atoms with Crippen LogP contribution in [0.15, 0.2) is 11.4 Å². The number of carbonyl (C=O) groups excluding carboxylic acids is 1. The second kappa shape index (κ2) is 6.14. The van der Waals surface area contributed by atoms with Crippen LogP contribution in [0.25, 0.3) is 0 Å². The number of carboxylic acids is 1. The predicted octanol–water partition coefficient (Wildman–Crippen LogP) is 3.55. The Morgan fingerprint density at radius 1 is 1.50 bits per heavy atom. The lowest BCUT2D eigenvalue weighted by Gasteiger charge is -2.37. The van der Waals surface area contributed by atoms with Crippen molar-refractivity contribution >= 4 is 34.8 Å². The van der Waals surface area contributed by atoms with Crippen molar-refractivity contribution in [3.05, 3.63) is 21.3 Å². The molecule has 0 aromatic carbocycles. The molecule has 110 valence electrons. The maximum absolute atomic E-state index is 12.2. The third-order valence-corrected chi connectivity index (χ3v) is 5.46. The third-order valence-electron chi connectivity index (χ3n) is 4.12. The SMILES string of the molecule is CCC1CCC(NC(=O)c2sccc2Cl)(C(=O)O)CC1. The molecule has 1 fully saturated rings. The van der Waals surface area contributed by atoms with Gasteiger partial charge in [0.25, 0.3) is 5.91 Å². The molecule has 1 aliphatic rings. The van der Waals surface area contributed by atoms with Gasteiger partial charge in [0.15, 0.2) is 0 Å². The number of hydrogen-bond donors (Lipinski definition) is 2. The van der Waals surface area contributed by atoms with Crippen LogP contribution in [-0.2, 0) is 4.79 Å². The molecule has 1 saturated carbocycles. The molecule has 1 heterocycles. The van der Waals surface area contributed by atoms with Crippen LogP contribution in [0.1, 0.15) is 48.7 Å². The number of thiophene rings is 1. The largest absolute Gasteiger partial charge is 0.480 e. The Balaban J connectivity index is 2.13. The number of amides is 1. The molecule has 0 spiro atoms. The lowest BCUT2D eigenvalue weighted by molar-refractivity contribution is -0.146. The van der Waals surface area contributed by atoms with E-state index in [4.69, 9.17) is 11.6 Å². The average Bonchev–Trinajstić information content (AvgIpc) is 2.85. The van der Waals surface area contributed by atoms with Gasteiger partial charge < -0.3 is 10.4 Å². The summed E-state index contributed by atoms with van der Waals surface area (Å²) in [6.45, 7) is 2.11. The monoisotopic (exact) mass is 315 g/mol. The molecule has 1 aromatic rings. The Labute approximate surface area is 127 Å². The van der Waals surface area contributed by atoms with Crippen molar-refractivity contribution in [2.45, 2.75) is 44.6 Å². The van der Waals surface area contributed by atoms with Crippen LogP contribution in [0.4, 0.5) is 0 Å². The van der Waals surface area contributed by atoms with E-state index in [0.29, 0.717) is 28.7 Å². The Bertz CT molecular complexity index is 506. The molecule has 1 aromatic heterocycles. The molecule has 0 aliphatic heterocycles. The number of carboxylic acid groups (broad SMARTS) is 1. The smallest absolute Gasteiger partial charge is 0.329 e. The summed E-state index contributed by atoms with van der Waals surface area (Å²) in [5.41, 5.74) is -1.14. The summed E-state index contributed by atoms with van der Waals surface area (Å²) in [4.78, 5) is 24.2. The van der Waals surface area contributed by atoms with Crippen LogP contribution < -0.4 is 5.32 Å². The van der Waals surface area contributed by atoms with Gasteiger partial charge in [0.05, 0.1) is 5.02 Å². The third kappa shape index (κ3) is 2.99. The number of nitrogens with one attached hydrogen (secondary N) is 1. The number of halogens is 1. The van der Waals surface area contributed by atoms with E-state index < -0.39 is 11.5 Å². The van der Waals surface area contributed by atoms with Crippen LogP contribution in [0.5, 0.6) is 0 Å². The van der Waals surface area contributed by atoms with E-state index in [1.54, 1.807) is 11.4 Å². The highest BCUT2D eigenvalue weighted by Crippen LogP contribution is 2.34. The molecule has 2 N–H and O–H groups in total. The molecule has 6 heteroatoms. The van der Waals surface area contributed by atoms with Crippen LogP contribution in [0, 0.1) is 5.92 Å². The Hall–Kier alpha value is -1.07. The van der Waals surface area contributed by atoms with Crippen molar-refractivity contribution in [1.82, 2.24) is 5.32 Å². The molecule has 0 saturated heterocycles. The minimum Gasteiger partial charge on any atom is -0.480 e. The van der Waals surface area contributed by atoms with Gasteiger partial charge >= 0.3 is 5.97 Å². The van der Waals surface area contributed by atoms with E-state index >= 15 is 0 Å². The van der Waals surface area contributed by atoms with Gasteiger partial charge in [0.2, 0.25) is 0 Å². The van der Waals surface area contributed by atoms with Gasteiger partial charge in [-0.3, -0.25) is 4.79 Å². The fraction of sp³-hybridized carbons (Fsp3) is 0.571. The summed E-state index contributed by atoms with van der Waals surface area (Å²) in [5.74, 6) is -0.778. The summed E-state index contributed by atoms with van der Waals surface area (Å²) in [5, 5.41) is 14.3. The van der Waals surface area contributed by atoms with E-state index in [0.717, 1.165) is 19.3 Å². The molecule has 4 nitrogen and oxygen atoms in total. The number of carbonyl (C=O) groups is 2. The molecular formula is C14H18ClNO3S. The number of rotatable bonds is 4. The van der Waals surface area contributed by atoms with E-state index in [2.05, 4.69) is 12.2 Å². The first-order valence-corrected chi connectivity index (χ1v) is 8.03. The highest BCUT2D eigenvalue weighted by atomic mass is 35.5. The van der Waals surface area contributed by atoms with Crippen molar-refractivity contribution < 1.29 is 14.7 Å². The Kier molecular flexibility index (Phi) is 4.70. The van der Waals surface area contributed by atoms with Crippen molar-refractivity contribution in [3.8, 4) is 0 Å². The van der Waals surface area contributed by atoms with Crippen molar-refractivity contribution in [2.24, 2.45) is 5.92 Å². The molecule has 2 rings (SSSR count). The molecule has 1 aliphatic carbocycles. The molecule has 20 heavy (non-hydrogen) atoms. The summed E-state index contributed by atoms with van der Waals surface area (Å²) >= 11 is 7.15. The number of hydrogen-bond acceptors (Lipinski definition) is 3. The minimum absolute atomic E-state index is 0.371. The second-order valence-electron chi connectivity index (χ2n) is 5.29. The standard InChI is InChI=1S/C14H18ClNO3S/c1-2-9-3-6-14(7-4-9,13(18)19)16-12(17)11-10(15)5-8-20-11/h5,8-9H,2-4,6-7H2,1H3,(H,16,17)(H,18,19). The van der Waals surface area contributed by atoms with Gasteiger partial charge in [-0.2, -0.15) is 0 Å². The Morgan fingerprint density at radius 2 is 2.15 bits per heavy atom. The van der Waals surface area contributed by atoms with Gasteiger partial charge in [0, 0.05) is 0 Å². The first kappa shape index (κ1) is 15.3. The maximum atomic E-state index is 12.2. The van der Waals surface area contributed by atoms with Gasteiger partial charge in [0.1, 0.15) is 10.4 Å². The first-order valence-electron chi connectivity index (χ1n) is 6.77. The molecule has 0 bridgehead atoms. The summed E-state index contributed by atoms with van der Waals surface area (Å²) in [6.07, 6.45) is 3.69. The molecule has 1 amide bonds. The van der Waals surface area contributed by atoms with Crippen molar-refractivity contribution in [1.29, 1.82) is 0 Å². The van der Waals surface area contributed by atoms with E-state index in [1.165, 1.54) is 11.3 Å². The van der Waals surface area contributed by atoms with Crippen LogP contribution in [0.2, 0.25) is 5.02 Å². The van der Waals surface area contributed by atoms with Gasteiger partial charge in [-0.25, -0.2) is 4.79 Å². The number of aliphatic carboxylic acids is 1. The van der Waals surface area contributed by atoms with E-state index in [9.17, 15) is 14.7 Å². The molecule has 0 unspecified atom stereocenters. The summed E-state index contributed by atoms with van der Waals surface area (Å²) in [7, 11) is 0. The van der Waals surface area contributed by atoms with Crippen LogP contribution in [0.3, 0.4) is 0 Å². The highest BCUT2D eigenvalue weighted by molar-refractivity contribution is 7.12. The zero-order chi connectivity index (χ0) is 14.8. The predicted molar refractivity (Wildman–Crippen MR) is 79.4 cm³/mol. The molecular weight excluding hydrogens is 298 g/mol. The van der Waals surface area contributed by atoms with Gasteiger partial charge in [-0.15, -0.1) is 11.3 Å². The summed E-state index contributed by atoms with van der Waals surface area (Å²) in [6, 6.07) is 1.64. The van der Waals surface area contributed by atoms with Crippen molar-refractivity contribution in [3.63, 3.8) is 0 Å². The van der Waals surface area contributed by atoms with Crippen LogP contribution in [-0.4, -0.2) is 22.5 Å². The molecule has 0 atom stereocenters. The lowest BCUT2D eigenvalue weighted by atomic mass is 9.75. The van der Waals surface area contributed by atoms with E-state index in [1.807, 2.05) is 0 Å². The second-order valence-corrected chi connectivity index (χ2v) is 6.61. The fourth-order valence-electron chi connectivity index (χ4n) is 2.70. The minimum atomic E-state index is -1.14. The Morgan fingerprint density at radius 3 is 2.60 bits per heavy atom. The van der Waals surface area contributed by atoms with Gasteiger partial charge in [-0.05, 0) is 43.0 Å². The molecule has 0 radical (unpaired) electrons. The maximum Gasteiger partial charge on any atom is 0.329 e. The topological polar surface area (TPSA) is 66.4 Å².